The fraction of sp³-hybridized carbons (Fsp3) is 0.818. The highest BCUT2D eigenvalue weighted by atomic mass is 16.2. The summed E-state index contributed by atoms with van der Waals surface area (Å²) in [4.78, 5) is 24.4. The largest absolute Gasteiger partial charge is 0.370 e. The van der Waals surface area contributed by atoms with Crippen molar-refractivity contribution in [3.05, 3.63) is 0 Å². The van der Waals surface area contributed by atoms with Crippen molar-refractivity contribution in [2.24, 2.45) is 11.5 Å². The monoisotopic (exact) mass is 242 g/mol. The predicted molar refractivity (Wildman–Crippen MR) is 65.1 cm³/mol. The molecule has 5 N–H and O–H groups in total. The molecule has 1 fully saturated rings. The molecule has 2 amide bonds. The van der Waals surface area contributed by atoms with Crippen LogP contribution < -0.4 is 16.8 Å². The third-order valence-electron chi connectivity index (χ3n) is 2.93. The second kappa shape index (κ2) is 6.56. The van der Waals surface area contributed by atoms with Gasteiger partial charge in [0.15, 0.2) is 0 Å². The fourth-order valence-corrected chi connectivity index (χ4v) is 1.80. The summed E-state index contributed by atoms with van der Waals surface area (Å²) in [6, 6.07) is -0.139. The third-order valence-corrected chi connectivity index (χ3v) is 2.93. The smallest absolute Gasteiger partial charge is 0.237 e. The van der Waals surface area contributed by atoms with Gasteiger partial charge in [0.25, 0.3) is 0 Å². The first-order valence-electron chi connectivity index (χ1n) is 6.10. The first-order valence-corrected chi connectivity index (χ1v) is 6.10. The maximum absolute atomic E-state index is 11.5. The van der Waals surface area contributed by atoms with E-state index in [4.69, 9.17) is 11.5 Å². The molecule has 0 aromatic heterocycles. The normalized spacial score (nSPS) is 16.9. The Labute approximate surface area is 102 Å². The van der Waals surface area contributed by atoms with Gasteiger partial charge in [-0.05, 0) is 19.4 Å². The molecule has 1 aliphatic rings. The molecule has 6 nitrogen and oxygen atoms in total. The van der Waals surface area contributed by atoms with E-state index < -0.39 is 11.9 Å². The highest BCUT2D eigenvalue weighted by Crippen LogP contribution is 2.25. The van der Waals surface area contributed by atoms with Gasteiger partial charge in [-0.25, -0.2) is 0 Å². The van der Waals surface area contributed by atoms with Crippen LogP contribution >= 0.6 is 0 Å². The zero-order valence-electron chi connectivity index (χ0n) is 10.3. The third kappa shape index (κ3) is 5.14. The standard InChI is InChI=1S/C11H22N4O2/c1-2-15(8-3-4-8)6-5-14-11(17)9(12)7-10(13)16/h8-9H,2-7,12H2,1H3,(H2,13,16)(H,14,17). The van der Waals surface area contributed by atoms with Crippen molar-refractivity contribution in [1.29, 1.82) is 0 Å². The van der Waals surface area contributed by atoms with Crippen LogP contribution in [-0.2, 0) is 9.59 Å². The average molecular weight is 242 g/mol. The van der Waals surface area contributed by atoms with Gasteiger partial charge in [0.05, 0.1) is 12.5 Å². The van der Waals surface area contributed by atoms with Gasteiger partial charge in [-0.1, -0.05) is 6.92 Å². The van der Waals surface area contributed by atoms with Gasteiger partial charge in [-0.2, -0.15) is 0 Å². The maximum Gasteiger partial charge on any atom is 0.237 e. The van der Waals surface area contributed by atoms with E-state index in [1.165, 1.54) is 12.8 Å². The summed E-state index contributed by atoms with van der Waals surface area (Å²) < 4.78 is 0. The van der Waals surface area contributed by atoms with Gasteiger partial charge in [0.1, 0.15) is 0 Å². The Hall–Kier alpha value is -1.14. The fourth-order valence-electron chi connectivity index (χ4n) is 1.80. The molecule has 0 aromatic carbocycles. The highest BCUT2D eigenvalue weighted by molar-refractivity contribution is 5.87. The van der Waals surface area contributed by atoms with Gasteiger partial charge in [-0.3, -0.25) is 14.5 Å². The molecule has 0 bridgehead atoms. The number of nitrogens with one attached hydrogen (secondary N) is 1. The van der Waals surface area contributed by atoms with Gasteiger partial charge in [0.2, 0.25) is 11.8 Å². The van der Waals surface area contributed by atoms with Crippen molar-refractivity contribution in [3.63, 3.8) is 0 Å². The Kier molecular flexibility index (Phi) is 5.37. The summed E-state index contributed by atoms with van der Waals surface area (Å²) >= 11 is 0. The molecule has 1 aliphatic carbocycles. The molecule has 1 saturated carbocycles. The zero-order chi connectivity index (χ0) is 12.8. The van der Waals surface area contributed by atoms with Crippen LogP contribution in [0, 0.1) is 0 Å². The lowest BCUT2D eigenvalue weighted by atomic mass is 10.2. The van der Waals surface area contributed by atoms with E-state index in [-0.39, 0.29) is 12.3 Å². The molecule has 1 atom stereocenters. The second-order valence-corrected chi connectivity index (χ2v) is 4.43. The molecular formula is C11H22N4O2. The molecule has 17 heavy (non-hydrogen) atoms. The van der Waals surface area contributed by atoms with Gasteiger partial charge >= 0.3 is 0 Å². The van der Waals surface area contributed by atoms with E-state index >= 15 is 0 Å². The van der Waals surface area contributed by atoms with E-state index in [0.717, 1.165) is 13.1 Å². The number of hydrogen-bond acceptors (Lipinski definition) is 4. The van der Waals surface area contributed by atoms with E-state index in [0.29, 0.717) is 12.6 Å². The number of carbonyl (C=O) groups is 2. The van der Waals surface area contributed by atoms with Crippen LogP contribution in [0.2, 0.25) is 0 Å². The summed E-state index contributed by atoms with van der Waals surface area (Å²) in [5.74, 6) is -0.864. The van der Waals surface area contributed by atoms with Crippen LogP contribution in [0.25, 0.3) is 0 Å². The van der Waals surface area contributed by atoms with E-state index in [2.05, 4.69) is 17.1 Å². The number of likely N-dealkylation sites (N-methyl/N-ethyl adjacent to an activating group) is 1. The first-order chi connectivity index (χ1) is 8.04. The summed E-state index contributed by atoms with van der Waals surface area (Å²) in [6.07, 6.45) is 2.40. The average Bonchev–Trinajstić information content (AvgIpc) is 3.07. The number of hydrogen-bond donors (Lipinski definition) is 3. The molecule has 0 aliphatic heterocycles. The van der Waals surface area contributed by atoms with E-state index in [1.807, 2.05) is 0 Å². The number of rotatable bonds is 8. The summed E-state index contributed by atoms with van der Waals surface area (Å²) in [5, 5.41) is 2.72. The zero-order valence-corrected chi connectivity index (χ0v) is 10.3. The molecule has 1 rings (SSSR count). The number of nitrogens with zero attached hydrogens (tertiary/aromatic N) is 1. The number of carbonyl (C=O) groups excluding carboxylic acids is 2. The van der Waals surface area contributed by atoms with Crippen molar-refractivity contribution < 1.29 is 9.59 Å². The predicted octanol–water partition coefficient (Wildman–Crippen LogP) is -1.21. The Morgan fingerprint density at radius 2 is 2.12 bits per heavy atom. The molecule has 1 unspecified atom stereocenters. The Balaban J connectivity index is 2.16. The molecule has 0 aromatic rings. The maximum atomic E-state index is 11.5. The molecule has 98 valence electrons. The van der Waals surface area contributed by atoms with Crippen LogP contribution in [-0.4, -0.2) is 48.4 Å². The second-order valence-electron chi connectivity index (χ2n) is 4.43. The molecule has 0 heterocycles. The van der Waals surface area contributed by atoms with Crippen molar-refractivity contribution in [3.8, 4) is 0 Å². The van der Waals surface area contributed by atoms with Crippen LogP contribution in [0.4, 0.5) is 0 Å². The number of primary amides is 1. The quantitative estimate of drug-likeness (QED) is 0.497. The summed E-state index contributed by atoms with van der Waals surface area (Å²) in [5.41, 5.74) is 10.5. The van der Waals surface area contributed by atoms with Crippen LogP contribution in [0.1, 0.15) is 26.2 Å². The summed E-state index contributed by atoms with van der Waals surface area (Å²) in [7, 11) is 0. The Morgan fingerprint density at radius 1 is 1.47 bits per heavy atom. The molecule has 0 radical (unpaired) electrons. The SMILES string of the molecule is CCN(CCNC(=O)C(N)CC(N)=O)C1CC1. The van der Waals surface area contributed by atoms with Crippen LogP contribution in [0.15, 0.2) is 0 Å². The van der Waals surface area contributed by atoms with Gasteiger partial charge in [0, 0.05) is 19.1 Å². The molecule has 0 saturated heterocycles. The minimum Gasteiger partial charge on any atom is -0.370 e. The van der Waals surface area contributed by atoms with Crippen molar-refractivity contribution in [2.75, 3.05) is 19.6 Å². The lowest BCUT2D eigenvalue weighted by Crippen LogP contribution is -2.45. The molecule has 6 heteroatoms. The van der Waals surface area contributed by atoms with Gasteiger partial charge < -0.3 is 16.8 Å². The van der Waals surface area contributed by atoms with Gasteiger partial charge in [-0.15, -0.1) is 0 Å². The minimum absolute atomic E-state index is 0.105. The first kappa shape index (κ1) is 13.9. The Morgan fingerprint density at radius 3 is 2.59 bits per heavy atom. The van der Waals surface area contributed by atoms with Crippen LogP contribution in [0.5, 0.6) is 0 Å². The molecular weight excluding hydrogens is 220 g/mol. The van der Waals surface area contributed by atoms with E-state index in [9.17, 15) is 9.59 Å². The van der Waals surface area contributed by atoms with Crippen molar-refractivity contribution in [2.45, 2.75) is 38.3 Å². The topological polar surface area (TPSA) is 101 Å². The Bertz CT molecular complexity index is 279. The lowest BCUT2D eigenvalue weighted by molar-refractivity contribution is -0.126. The number of amides is 2. The summed E-state index contributed by atoms with van der Waals surface area (Å²) in [6.45, 7) is 4.50. The molecule has 0 spiro atoms. The van der Waals surface area contributed by atoms with Crippen molar-refractivity contribution >= 4 is 11.8 Å². The van der Waals surface area contributed by atoms with E-state index in [1.54, 1.807) is 0 Å². The highest BCUT2D eigenvalue weighted by Gasteiger charge is 2.27. The van der Waals surface area contributed by atoms with Crippen LogP contribution in [0.3, 0.4) is 0 Å². The minimum atomic E-state index is -0.830. The number of nitrogens with two attached hydrogens (primary N) is 2. The van der Waals surface area contributed by atoms with Crippen molar-refractivity contribution in [1.82, 2.24) is 10.2 Å². The lowest BCUT2D eigenvalue weighted by Gasteiger charge is -2.20.